The minimum atomic E-state index is -0.831. The van der Waals surface area contributed by atoms with Crippen molar-refractivity contribution >= 4 is 59.0 Å². The van der Waals surface area contributed by atoms with Crippen LogP contribution in [-0.2, 0) is 28.7 Å². The Kier molecular flexibility index (Phi) is 7.89. The molecular formula is C20H27N3O6S3. The molecule has 0 saturated carbocycles. The molecule has 3 heterocycles. The highest BCUT2D eigenvalue weighted by Crippen LogP contribution is 2.40. The van der Waals surface area contributed by atoms with E-state index in [0.717, 1.165) is 16.4 Å². The van der Waals surface area contributed by atoms with Crippen molar-refractivity contribution in [3.8, 4) is 0 Å². The molecule has 176 valence electrons. The molecule has 1 fully saturated rings. The first kappa shape index (κ1) is 25.0. The van der Waals surface area contributed by atoms with Gasteiger partial charge in [-0.2, -0.15) is 0 Å². The number of carbonyl (C=O) groups excluding carboxylic acids is 4. The van der Waals surface area contributed by atoms with E-state index in [1.54, 1.807) is 51.2 Å². The van der Waals surface area contributed by atoms with Crippen molar-refractivity contribution in [3.05, 3.63) is 21.6 Å². The number of hydrogen-bond donors (Lipinski definition) is 2. The summed E-state index contributed by atoms with van der Waals surface area (Å²) in [6.45, 7) is 6.27. The van der Waals surface area contributed by atoms with E-state index in [-0.39, 0.29) is 5.70 Å². The van der Waals surface area contributed by atoms with Gasteiger partial charge >= 0.3 is 11.9 Å². The van der Waals surface area contributed by atoms with Crippen LogP contribution in [0.2, 0.25) is 0 Å². The maximum absolute atomic E-state index is 12.8. The third-order valence-electron chi connectivity index (χ3n) is 4.90. The molecule has 3 atom stereocenters. The number of hydrogen-bond acceptors (Lipinski definition) is 10. The maximum atomic E-state index is 12.8. The van der Waals surface area contributed by atoms with Crippen molar-refractivity contribution in [1.82, 2.24) is 10.2 Å². The number of carbonyl (C=O) groups is 4. The molecule has 3 N–H and O–H groups in total. The van der Waals surface area contributed by atoms with Crippen molar-refractivity contribution in [2.45, 2.75) is 45.2 Å². The summed E-state index contributed by atoms with van der Waals surface area (Å²) in [7, 11) is 0. The fraction of sp³-hybridized carbons (Fsp3) is 0.600. The fourth-order valence-electron chi connectivity index (χ4n) is 3.10. The lowest BCUT2D eigenvalue weighted by Gasteiger charge is -2.49. The van der Waals surface area contributed by atoms with E-state index in [1.807, 2.05) is 5.41 Å². The molecule has 12 heteroatoms. The first-order chi connectivity index (χ1) is 15.0. The molecule has 0 bridgehead atoms. The average Bonchev–Trinajstić information content (AvgIpc) is 2.76. The van der Waals surface area contributed by atoms with Crippen LogP contribution >= 0.6 is 35.3 Å². The molecule has 0 aromatic heterocycles. The monoisotopic (exact) mass is 501 g/mol. The Morgan fingerprint density at radius 3 is 2.62 bits per heavy atom. The van der Waals surface area contributed by atoms with Crippen LogP contribution in [0.15, 0.2) is 21.6 Å². The van der Waals surface area contributed by atoms with Crippen LogP contribution in [0.5, 0.6) is 0 Å². The summed E-state index contributed by atoms with van der Waals surface area (Å²) in [5, 5.41) is 4.19. The highest BCUT2D eigenvalue weighted by molar-refractivity contribution is 8.09. The lowest BCUT2D eigenvalue weighted by molar-refractivity contribution is -0.173. The zero-order valence-electron chi connectivity index (χ0n) is 18.3. The van der Waals surface area contributed by atoms with Gasteiger partial charge in [0.1, 0.15) is 23.2 Å². The smallest absolute Gasteiger partial charge is 0.357 e. The topological polar surface area (TPSA) is 128 Å². The molecule has 0 spiro atoms. The van der Waals surface area contributed by atoms with E-state index in [2.05, 4.69) is 5.32 Å². The maximum Gasteiger partial charge on any atom is 0.357 e. The van der Waals surface area contributed by atoms with Crippen molar-refractivity contribution in [2.24, 2.45) is 11.1 Å². The van der Waals surface area contributed by atoms with Crippen LogP contribution in [0.4, 0.5) is 0 Å². The second-order valence-corrected chi connectivity index (χ2v) is 11.7. The molecule has 0 aromatic carbocycles. The highest BCUT2D eigenvalue weighted by atomic mass is 32.2. The summed E-state index contributed by atoms with van der Waals surface area (Å²) in [6.07, 6.45) is 0. The van der Waals surface area contributed by atoms with Gasteiger partial charge in [0.25, 0.3) is 5.91 Å². The van der Waals surface area contributed by atoms with Gasteiger partial charge in [-0.25, -0.2) is 4.79 Å². The Morgan fingerprint density at radius 1 is 1.28 bits per heavy atom. The van der Waals surface area contributed by atoms with Crippen molar-refractivity contribution in [2.75, 3.05) is 24.1 Å². The summed E-state index contributed by atoms with van der Waals surface area (Å²) in [4.78, 5) is 52.0. The van der Waals surface area contributed by atoms with Crippen LogP contribution in [-0.4, -0.2) is 70.2 Å². The van der Waals surface area contributed by atoms with Gasteiger partial charge < -0.3 is 20.5 Å². The van der Waals surface area contributed by atoms with Gasteiger partial charge in [-0.3, -0.25) is 19.3 Å². The van der Waals surface area contributed by atoms with E-state index in [9.17, 15) is 19.2 Å². The lowest BCUT2D eigenvalue weighted by Crippen LogP contribution is -2.71. The predicted octanol–water partition coefficient (Wildman–Crippen LogP) is 1.40. The number of nitrogens with one attached hydrogen (secondary N) is 1. The van der Waals surface area contributed by atoms with Gasteiger partial charge in [-0.15, -0.1) is 35.3 Å². The third-order valence-corrected chi connectivity index (χ3v) is 8.71. The molecule has 9 nitrogen and oxygen atoms in total. The van der Waals surface area contributed by atoms with Gasteiger partial charge in [0.05, 0.1) is 5.41 Å². The van der Waals surface area contributed by atoms with Crippen molar-refractivity contribution in [3.63, 3.8) is 0 Å². The zero-order chi connectivity index (χ0) is 23.6. The third kappa shape index (κ3) is 5.29. The predicted molar refractivity (Wildman–Crippen MR) is 125 cm³/mol. The number of thioether (sulfide) groups is 3. The molecule has 0 aromatic rings. The first-order valence-electron chi connectivity index (χ1n) is 10.0. The number of β-lactam (4-membered cyclic amide) rings is 1. The molecule has 0 radical (unpaired) electrons. The fourth-order valence-corrected chi connectivity index (χ4v) is 6.54. The van der Waals surface area contributed by atoms with Crippen molar-refractivity contribution in [1.29, 1.82) is 0 Å². The standard InChI is InChI=1S/C20H27N3O6S3/c1-10-7-32-17-13(22-15(24)12(21)11-8-30-5-6-31-11)16(25)23(17)14(10)18(26)28-9-29-19(27)20(2,3)4/h8,12-13,17H,5-7,9,21H2,1-4H3,(H,22,24). The van der Waals surface area contributed by atoms with Crippen LogP contribution in [0.3, 0.4) is 0 Å². The van der Waals surface area contributed by atoms with Crippen LogP contribution in [0.1, 0.15) is 27.7 Å². The zero-order valence-corrected chi connectivity index (χ0v) is 20.8. The molecule has 3 rings (SSSR count). The Balaban J connectivity index is 1.60. The van der Waals surface area contributed by atoms with Crippen LogP contribution in [0.25, 0.3) is 0 Å². The van der Waals surface area contributed by atoms with E-state index in [0.29, 0.717) is 11.3 Å². The number of esters is 2. The number of fused-ring (bicyclic) bond motifs is 1. The van der Waals surface area contributed by atoms with Crippen LogP contribution in [0, 0.1) is 5.41 Å². The van der Waals surface area contributed by atoms with E-state index in [4.69, 9.17) is 15.2 Å². The molecular weight excluding hydrogens is 474 g/mol. The van der Waals surface area contributed by atoms with E-state index >= 15 is 0 Å². The molecule has 32 heavy (non-hydrogen) atoms. The summed E-state index contributed by atoms with van der Waals surface area (Å²) in [5.74, 6) is 0.275. The first-order valence-corrected chi connectivity index (χ1v) is 13.1. The quantitative estimate of drug-likeness (QED) is 0.313. The van der Waals surface area contributed by atoms with Gasteiger partial charge in [0, 0.05) is 22.2 Å². The Hall–Kier alpha value is -1.63. The molecule has 3 aliphatic rings. The van der Waals surface area contributed by atoms with E-state index in [1.165, 1.54) is 16.7 Å². The Morgan fingerprint density at radius 2 is 2.00 bits per heavy atom. The largest absolute Gasteiger partial charge is 0.427 e. The second kappa shape index (κ2) is 10.1. The Bertz CT molecular complexity index is 882. The number of amides is 2. The van der Waals surface area contributed by atoms with Gasteiger partial charge in [0.15, 0.2) is 0 Å². The van der Waals surface area contributed by atoms with Gasteiger partial charge in [0.2, 0.25) is 12.7 Å². The molecule has 3 aliphatic heterocycles. The lowest BCUT2D eigenvalue weighted by atomic mass is 9.98. The summed E-state index contributed by atoms with van der Waals surface area (Å²) in [5.41, 5.74) is 6.15. The number of nitrogens with zero attached hydrogens (tertiary/aromatic N) is 1. The average molecular weight is 502 g/mol. The molecule has 2 amide bonds. The normalized spacial score (nSPS) is 24.1. The molecule has 3 unspecified atom stereocenters. The summed E-state index contributed by atoms with van der Waals surface area (Å²) in [6, 6.07) is -1.60. The number of rotatable bonds is 6. The van der Waals surface area contributed by atoms with Gasteiger partial charge in [-0.1, -0.05) is 0 Å². The minimum absolute atomic E-state index is 0.127. The highest BCUT2D eigenvalue weighted by Gasteiger charge is 2.54. The number of nitrogens with two attached hydrogens (primary N) is 1. The molecule has 1 saturated heterocycles. The minimum Gasteiger partial charge on any atom is -0.427 e. The second-order valence-electron chi connectivity index (χ2n) is 8.47. The summed E-state index contributed by atoms with van der Waals surface area (Å²) < 4.78 is 10.1. The SMILES string of the molecule is CC1=C(C(=O)OCOC(=O)C(C)(C)C)N2C(=O)C(NC(=O)C(N)C3=CSCCS3)C2SC1. The van der Waals surface area contributed by atoms with E-state index < -0.39 is 53.4 Å². The summed E-state index contributed by atoms with van der Waals surface area (Å²) >= 11 is 4.60. The number of ether oxygens (including phenoxy) is 2. The van der Waals surface area contributed by atoms with Crippen molar-refractivity contribution < 1.29 is 28.7 Å². The van der Waals surface area contributed by atoms with Crippen LogP contribution < -0.4 is 11.1 Å². The molecule has 0 aliphatic carbocycles. The van der Waals surface area contributed by atoms with Gasteiger partial charge in [-0.05, 0) is 38.7 Å². The Labute approximate surface area is 199 Å².